The Morgan fingerprint density at radius 1 is 1.18 bits per heavy atom. The number of nitrogens with zero attached hydrogens (tertiary/aromatic N) is 1. The summed E-state index contributed by atoms with van der Waals surface area (Å²) >= 11 is 0. The molecule has 0 fully saturated rings. The largest absolute Gasteiger partial charge is 0.458 e. The average Bonchev–Trinajstić information content (AvgIpc) is 2.47. The SMILES string of the molecule is CC(C)(C)OC(=O)[C@@H](Cc1ccccc1)Nc1cccnc1. The third-order valence-corrected chi connectivity index (χ3v) is 2.98. The van der Waals surface area contributed by atoms with Crippen LogP contribution in [0.1, 0.15) is 26.3 Å². The van der Waals surface area contributed by atoms with E-state index in [1.54, 1.807) is 12.4 Å². The Balaban J connectivity index is 2.14. The minimum Gasteiger partial charge on any atom is -0.458 e. The second-order valence-corrected chi connectivity index (χ2v) is 6.16. The first-order chi connectivity index (χ1) is 10.4. The van der Waals surface area contributed by atoms with Crippen LogP contribution in [0.5, 0.6) is 0 Å². The van der Waals surface area contributed by atoms with Crippen LogP contribution in [-0.2, 0) is 16.0 Å². The number of hydrogen-bond donors (Lipinski definition) is 1. The van der Waals surface area contributed by atoms with Crippen molar-refractivity contribution >= 4 is 11.7 Å². The van der Waals surface area contributed by atoms with Crippen LogP contribution in [0.4, 0.5) is 5.69 Å². The van der Waals surface area contributed by atoms with Crippen LogP contribution in [0.15, 0.2) is 54.9 Å². The molecule has 0 aliphatic carbocycles. The third-order valence-electron chi connectivity index (χ3n) is 2.98. The highest BCUT2D eigenvalue weighted by molar-refractivity contribution is 5.80. The summed E-state index contributed by atoms with van der Waals surface area (Å²) in [6.45, 7) is 5.61. The van der Waals surface area contributed by atoms with Gasteiger partial charge in [-0.25, -0.2) is 4.79 Å². The van der Waals surface area contributed by atoms with Gasteiger partial charge in [0.1, 0.15) is 11.6 Å². The summed E-state index contributed by atoms with van der Waals surface area (Å²) in [5, 5.41) is 3.21. The number of benzene rings is 1. The summed E-state index contributed by atoms with van der Waals surface area (Å²) in [4.78, 5) is 16.5. The quantitative estimate of drug-likeness (QED) is 0.859. The van der Waals surface area contributed by atoms with E-state index in [0.29, 0.717) is 6.42 Å². The molecule has 4 heteroatoms. The van der Waals surface area contributed by atoms with E-state index in [4.69, 9.17) is 4.74 Å². The molecular formula is C18H22N2O2. The Bertz CT molecular complexity index is 550. The number of hydrogen-bond acceptors (Lipinski definition) is 4. The zero-order valence-corrected chi connectivity index (χ0v) is 13.2. The van der Waals surface area contributed by atoms with Gasteiger partial charge < -0.3 is 10.1 Å². The van der Waals surface area contributed by atoms with Crippen molar-refractivity contribution in [1.29, 1.82) is 0 Å². The van der Waals surface area contributed by atoms with Crippen molar-refractivity contribution in [3.63, 3.8) is 0 Å². The number of pyridine rings is 1. The summed E-state index contributed by atoms with van der Waals surface area (Å²) < 4.78 is 5.52. The fourth-order valence-corrected chi connectivity index (χ4v) is 2.07. The Morgan fingerprint density at radius 2 is 1.91 bits per heavy atom. The topological polar surface area (TPSA) is 51.2 Å². The molecule has 0 aliphatic heterocycles. The van der Waals surface area contributed by atoms with E-state index < -0.39 is 11.6 Å². The lowest BCUT2D eigenvalue weighted by Gasteiger charge is -2.25. The maximum absolute atomic E-state index is 12.5. The second-order valence-electron chi connectivity index (χ2n) is 6.16. The van der Waals surface area contributed by atoms with Gasteiger partial charge in [-0.15, -0.1) is 0 Å². The van der Waals surface area contributed by atoms with Gasteiger partial charge in [0.2, 0.25) is 0 Å². The molecular weight excluding hydrogens is 276 g/mol. The summed E-state index contributed by atoms with van der Waals surface area (Å²) in [6, 6.07) is 13.2. The Labute approximate surface area is 131 Å². The van der Waals surface area contributed by atoms with Crippen molar-refractivity contribution < 1.29 is 9.53 Å². The van der Waals surface area contributed by atoms with E-state index in [0.717, 1.165) is 11.3 Å². The molecule has 0 amide bonds. The van der Waals surface area contributed by atoms with E-state index in [-0.39, 0.29) is 5.97 Å². The molecule has 2 rings (SSSR count). The van der Waals surface area contributed by atoms with Crippen LogP contribution >= 0.6 is 0 Å². The van der Waals surface area contributed by atoms with Gasteiger partial charge in [0.25, 0.3) is 0 Å². The number of rotatable bonds is 5. The average molecular weight is 298 g/mol. The van der Waals surface area contributed by atoms with Crippen LogP contribution in [0.3, 0.4) is 0 Å². The van der Waals surface area contributed by atoms with Gasteiger partial charge in [-0.3, -0.25) is 4.98 Å². The molecule has 116 valence electrons. The maximum atomic E-state index is 12.5. The second kappa shape index (κ2) is 7.07. The van der Waals surface area contributed by atoms with Gasteiger partial charge in [-0.1, -0.05) is 30.3 Å². The minimum atomic E-state index is -0.511. The van der Waals surface area contributed by atoms with Crippen molar-refractivity contribution in [1.82, 2.24) is 4.98 Å². The van der Waals surface area contributed by atoms with Crippen molar-refractivity contribution in [2.75, 3.05) is 5.32 Å². The fourth-order valence-electron chi connectivity index (χ4n) is 2.07. The molecule has 1 atom stereocenters. The van der Waals surface area contributed by atoms with Crippen molar-refractivity contribution in [2.24, 2.45) is 0 Å². The van der Waals surface area contributed by atoms with E-state index in [1.807, 2.05) is 63.2 Å². The molecule has 0 saturated carbocycles. The maximum Gasteiger partial charge on any atom is 0.329 e. The first-order valence-electron chi connectivity index (χ1n) is 7.37. The zero-order valence-electron chi connectivity index (χ0n) is 13.2. The molecule has 0 saturated heterocycles. The van der Waals surface area contributed by atoms with Crippen LogP contribution in [0.25, 0.3) is 0 Å². The van der Waals surface area contributed by atoms with E-state index in [9.17, 15) is 4.79 Å². The number of aromatic nitrogens is 1. The van der Waals surface area contributed by atoms with Gasteiger partial charge >= 0.3 is 5.97 Å². The van der Waals surface area contributed by atoms with Gasteiger partial charge in [-0.05, 0) is 38.5 Å². The highest BCUT2D eigenvalue weighted by atomic mass is 16.6. The van der Waals surface area contributed by atoms with E-state index in [1.165, 1.54) is 0 Å². The highest BCUT2D eigenvalue weighted by Gasteiger charge is 2.25. The Morgan fingerprint density at radius 3 is 2.50 bits per heavy atom. The summed E-state index contributed by atoms with van der Waals surface area (Å²) in [5.41, 5.74) is 1.37. The monoisotopic (exact) mass is 298 g/mol. The van der Waals surface area contributed by atoms with Gasteiger partial charge in [-0.2, -0.15) is 0 Å². The van der Waals surface area contributed by atoms with E-state index >= 15 is 0 Å². The molecule has 0 bridgehead atoms. The molecule has 0 unspecified atom stereocenters. The molecule has 1 aromatic carbocycles. The number of carbonyl (C=O) groups is 1. The molecule has 22 heavy (non-hydrogen) atoms. The smallest absolute Gasteiger partial charge is 0.329 e. The Hall–Kier alpha value is -2.36. The standard InChI is InChI=1S/C18H22N2O2/c1-18(2,3)22-17(21)16(12-14-8-5-4-6-9-14)20-15-10-7-11-19-13-15/h4-11,13,16,20H,12H2,1-3H3/t16-/m1/s1. The van der Waals surface area contributed by atoms with Crippen LogP contribution in [0.2, 0.25) is 0 Å². The van der Waals surface area contributed by atoms with Gasteiger partial charge in [0.05, 0.1) is 5.69 Å². The molecule has 1 heterocycles. The van der Waals surface area contributed by atoms with Crippen molar-refractivity contribution in [3.8, 4) is 0 Å². The first-order valence-corrected chi connectivity index (χ1v) is 7.37. The number of ether oxygens (including phenoxy) is 1. The number of esters is 1. The number of nitrogens with one attached hydrogen (secondary N) is 1. The molecule has 0 radical (unpaired) electrons. The normalized spacial score (nSPS) is 12.5. The molecule has 1 N–H and O–H groups in total. The predicted octanol–water partition coefficient (Wildman–Crippen LogP) is 3.45. The van der Waals surface area contributed by atoms with Crippen LogP contribution in [0, 0.1) is 0 Å². The third kappa shape index (κ3) is 5.20. The molecule has 1 aromatic heterocycles. The lowest BCUT2D eigenvalue weighted by molar-refractivity contribution is -0.155. The number of anilines is 1. The summed E-state index contributed by atoms with van der Waals surface area (Å²) in [7, 11) is 0. The zero-order chi connectivity index (χ0) is 16.0. The van der Waals surface area contributed by atoms with Crippen molar-refractivity contribution in [3.05, 3.63) is 60.4 Å². The Kier molecular flexibility index (Phi) is 5.15. The summed E-state index contributed by atoms with van der Waals surface area (Å²) in [6.07, 6.45) is 3.96. The fraction of sp³-hybridized carbons (Fsp3) is 0.333. The molecule has 0 spiro atoms. The minimum absolute atomic E-state index is 0.264. The summed E-state index contributed by atoms with van der Waals surface area (Å²) in [5.74, 6) is -0.264. The molecule has 2 aromatic rings. The lowest BCUT2D eigenvalue weighted by Crippen LogP contribution is -2.38. The van der Waals surface area contributed by atoms with Crippen LogP contribution < -0.4 is 5.32 Å². The first kappa shape index (κ1) is 16.0. The predicted molar refractivity (Wildman–Crippen MR) is 87.6 cm³/mol. The highest BCUT2D eigenvalue weighted by Crippen LogP contribution is 2.15. The van der Waals surface area contributed by atoms with Gasteiger partial charge in [0, 0.05) is 18.8 Å². The van der Waals surface area contributed by atoms with Crippen molar-refractivity contribution in [2.45, 2.75) is 38.8 Å². The van der Waals surface area contributed by atoms with Gasteiger partial charge in [0.15, 0.2) is 0 Å². The molecule has 4 nitrogen and oxygen atoms in total. The lowest BCUT2D eigenvalue weighted by atomic mass is 10.1. The van der Waals surface area contributed by atoms with Crippen LogP contribution in [-0.4, -0.2) is 22.6 Å². The molecule has 0 aliphatic rings. The number of carbonyl (C=O) groups excluding carboxylic acids is 1. The van der Waals surface area contributed by atoms with E-state index in [2.05, 4.69) is 10.3 Å².